The minimum Gasteiger partial charge on any atom is -0.425 e. The molecule has 0 radical (unpaired) electrons. The summed E-state index contributed by atoms with van der Waals surface area (Å²) in [7, 11) is 0. The van der Waals surface area contributed by atoms with Crippen LogP contribution in [0.4, 0.5) is 4.79 Å². The second kappa shape index (κ2) is 17.1. The second-order valence-corrected chi connectivity index (χ2v) is 13.6. The van der Waals surface area contributed by atoms with Crippen LogP contribution in [0.5, 0.6) is 0 Å². The molecule has 0 spiro atoms. The minimum atomic E-state index is -0.583. The third-order valence-corrected chi connectivity index (χ3v) is 9.40. The van der Waals surface area contributed by atoms with E-state index in [-0.39, 0.29) is 12.1 Å². The van der Waals surface area contributed by atoms with Crippen LogP contribution in [0.3, 0.4) is 0 Å². The Morgan fingerprint density at radius 3 is 1.12 bits per heavy atom. The van der Waals surface area contributed by atoms with E-state index in [1.165, 1.54) is 27.8 Å². The molecule has 252 valence electrons. The maximum Gasteiger partial charge on any atom is 0.509 e. The third kappa shape index (κ3) is 9.69. The highest BCUT2D eigenvalue weighted by molar-refractivity contribution is 5.63. The van der Waals surface area contributed by atoms with Gasteiger partial charge in [0.05, 0.1) is 12.1 Å². The van der Waals surface area contributed by atoms with Gasteiger partial charge in [-0.2, -0.15) is 0 Å². The topological polar surface area (TPSA) is 42.0 Å². The first-order valence-corrected chi connectivity index (χ1v) is 17.6. The van der Waals surface area contributed by atoms with Gasteiger partial charge in [-0.15, -0.1) is 0 Å². The molecule has 1 heterocycles. The second-order valence-electron chi connectivity index (χ2n) is 13.6. The Labute approximate surface area is 292 Å². The van der Waals surface area contributed by atoms with Crippen molar-refractivity contribution >= 4 is 6.16 Å². The average Bonchev–Trinajstić information content (AvgIpc) is 3.52. The molecule has 1 saturated heterocycles. The number of hydrogen-bond acceptors (Lipinski definition) is 5. The number of nitrogens with zero attached hydrogens (tertiary/aromatic N) is 2. The highest BCUT2D eigenvalue weighted by atomic mass is 16.8. The minimum absolute atomic E-state index is 0.0783. The van der Waals surface area contributed by atoms with Gasteiger partial charge in [-0.3, -0.25) is 9.80 Å². The molecule has 0 aliphatic carbocycles. The first-order valence-electron chi connectivity index (χ1n) is 17.6. The van der Waals surface area contributed by atoms with Crippen LogP contribution in [0.25, 0.3) is 0 Å². The Bertz CT molecular complexity index is 1600. The highest BCUT2D eigenvalue weighted by Gasteiger charge is 2.49. The predicted octanol–water partition coefficient (Wildman–Crippen LogP) is 9.32. The SMILES string of the molecule is CC(C)C[C@@H]([C@@H]1OC(=O)O[C@H]1[C@H](Cc1ccccc1)N(Cc1ccccc1)Cc1ccccc1)N(Cc1ccccc1)Cc1ccccc1. The Balaban J connectivity index is 1.42. The van der Waals surface area contributed by atoms with E-state index in [0.29, 0.717) is 25.4 Å². The molecule has 4 atom stereocenters. The monoisotopic (exact) mass is 652 g/mol. The van der Waals surface area contributed by atoms with E-state index in [1.807, 2.05) is 0 Å². The van der Waals surface area contributed by atoms with E-state index in [2.05, 4.69) is 175 Å². The zero-order chi connectivity index (χ0) is 33.8. The molecule has 5 nitrogen and oxygen atoms in total. The molecule has 0 N–H and O–H groups in total. The van der Waals surface area contributed by atoms with Crippen molar-refractivity contribution in [3.8, 4) is 0 Å². The van der Waals surface area contributed by atoms with E-state index in [1.54, 1.807) is 0 Å². The standard InChI is InChI=1S/C44H48N2O3/c1-34(2)28-40(45(30-36-20-10-4-11-21-36)31-37-22-12-5-13-23-37)42-43(49-44(47)48-42)41(29-35-18-8-3-9-19-35)46(32-38-24-14-6-15-25-38)33-39-26-16-7-17-27-39/h3-27,34,40-43H,28-33H2,1-2H3/t40-,41-,42-,43-/m0/s1. The Kier molecular flexibility index (Phi) is 11.9. The van der Waals surface area contributed by atoms with Crippen LogP contribution in [0.15, 0.2) is 152 Å². The molecule has 0 amide bonds. The molecule has 49 heavy (non-hydrogen) atoms. The molecule has 0 unspecified atom stereocenters. The van der Waals surface area contributed by atoms with E-state index >= 15 is 0 Å². The third-order valence-electron chi connectivity index (χ3n) is 9.40. The van der Waals surface area contributed by atoms with Crippen molar-refractivity contribution in [2.75, 3.05) is 0 Å². The molecule has 5 aromatic carbocycles. The van der Waals surface area contributed by atoms with Gasteiger partial charge in [0, 0.05) is 26.2 Å². The number of hydrogen-bond donors (Lipinski definition) is 0. The number of carbonyl (C=O) groups excluding carboxylic acids is 1. The quantitative estimate of drug-likeness (QED) is 0.0994. The van der Waals surface area contributed by atoms with Crippen molar-refractivity contribution in [2.45, 2.75) is 77.2 Å². The number of carbonyl (C=O) groups is 1. The van der Waals surface area contributed by atoms with Gasteiger partial charge in [-0.25, -0.2) is 4.79 Å². The summed E-state index contributed by atoms with van der Waals surface area (Å²) < 4.78 is 12.7. The van der Waals surface area contributed by atoms with Gasteiger partial charge in [-0.1, -0.05) is 166 Å². The first-order chi connectivity index (χ1) is 24.0. The van der Waals surface area contributed by atoms with Gasteiger partial charge in [0.2, 0.25) is 0 Å². The first kappa shape index (κ1) is 34.2. The largest absolute Gasteiger partial charge is 0.509 e. The number of ether oxygens (including phenoxy) is 2. The molecule has 0 saturated carbocycles. The maximum atomic E-state index is 13.4. The van der Waals surface area contributed by atoms with Gasteiger partial charge in [0.25, 0.3) is 0 Å². The number of rotatable bonds is 16. The van der Waals surface area contributed by atoms with Gasteiger partial charge in [0.1, 0.15) is 0 Å². The van der Waals surface area contributed by atoms with Crippen molar-refractivity contribution in [2.24, 2.45) is 5.92 Å². The van der Waals surface area contributed by atoms with Gasteiger partial charge < -0.3 is 9.47 Å². The molecule has 1 fully saturated rings. The smallest absolute Gasteiger partial charge is 0.425 e. The zero-order valence-electron chi connectivity index (χ0n) is 28.7. The van der Waals surface area contributed by atoms with Crippen LogP contribution in [0.1, 0.15) is 48.1 Å². The molecule has 0 bridgehead atoms. The van der Waals surface area contributed by atoms with E-state index < -0.39 is 18.4 Å². The van der Waals surface area contributed by atoms with Gasteiger partial charge in [0.15, 0.2) is 12.2 Å². The van der Waals surface area contributed by atoms with E-state index in [9.17, 15) is 4.79 Å². The van der Waals surface area contributed by atoms with Crippen LogP contribution in [-0.2, 0) is 42.1 Å². The molecule has 1 aliphatic rings. The van der Waals surface area contributed by atoms with Crippen molar-refractivity contribution in [3.63, 3.8) is 0 Å². The maximum absolute atomic E-state index is 13.4. The van der Waals surface area contributed by atoms with Gasteiger partial charge >= 0.3 is 6.16 Å². The lowest BCUT2D eigenvalue weighted by Gasteiger charge is -2.41. The lowest BCUT2D eigenvalue weighted by atomic mass is 9.87. The van der Waals surface area contributed by atoms with Gasteiger partial charge in [-0.05, 0) is 46.6 Å². The van der Waals surface area contributed by atoms with Crippen molar-refractivity contribution in [1.29, 1.82) is 0 Å². The summed E-state index contributed by atoms with van der Waals surface area (Å²) in [5.41, 5.74) is 6.08. The Morgan fingerprint density at radius 1 is 0.469 bits per heavy atom. The highest BCUT2D eigenvalue weighted by Crippen LogP contribution is 2.34. The lowest BCUT2D eigenvalue weighted by molar-refractivity contribution is -0.0153. The Morgan fingerprint density at radius 2 is 0.776 bits per heavy atom. The number of cyclic esters (lactones) is 2. The molecule has 5 heteroatoms. The summed E-state index contributed by atoms with van der Waals surface area (Å²) >= 11 is 0. The number of benzene rings is 5. The fraction of sp³-hybridized carbons (Fsp3) is 0.295. The van der Waals surface area contributed by atoms with Crippen LogP contribution >= 0.6 is 0 Å². The molecule has 5 aromatic rings. The molecule has 0 aromatic heterocycles. The summed E-state index contributed by atoms with van der Waals surface area (Å²) in [6.07, 6.45) is 0.0281. The summed E-state index contributed by atoms with van der Waals surface area (Å²) in [6.45, 7) is 7.38. The molecule has 1 aliphatic heterocycles. The molecular weight excluding hydrogens is 604 g/mol. The summed E-state index contributed by atoms with van der Waals surface area (Å²) in [6, 6.07) is 52.7. The molecule has 6 rings (SSSR count). The lowest BCUT2D eigenvalue weighted by Crippen LogP contribution is -2.55. The van der Waals surface area contributed by atoms with Crippen LogP contribution in [0.2, 0.25) is 0 Å². The van der Waals surface area contributed by atoms with Crippen LogP contribution < -0.4 is 0 Å². The van der Waals surface area contributed by atoms with Crippen molar-refractivity contribution in [1.82, 2.24) is 9.80 Å². The van der Waals surface area contributed by atoms with Crippen LogP contribution in [-0.4, -0.2) is 40.2 Å². The predicted molar refractivity (Wildman–Crippen MR) is 197 cm³/mol. The van der Waals surface area contributed by atoms with E-state index in [0.717, 1.165) is 19.5 Å². The normalized spacial score (nSPS) is 17.2. The van der Waals surface area contributed by atoms with Crippen molar-refractivity contribution < 1.29 is 14.3 Å². The summed E-state index contributed by atoms with van der Waals surface area (Å²) in [5, 5.41) is 0. The van der Waals surface area contributed by atoms with Crippen LogP contribution in [0, 0.1) is 5.92 Å². The Hall–Kier alpha value is -4.71. The fourth-order valence-electron chi connectivity index (χ4n) is 7.11. The van der Waals surface area contributed by atoms with Crippen molar-refractivity contribution in [3.05, 3.63) is 179 Å². The average molecular weight is 653 g/mol. The summed E-state index contributed by atoms with van der Waals surface area (Å²) in [4.78, 5) is 18.4. The fourth-order valence-corrected chi connectivity index (χ4v) is 7.11. The molecular formula is C44H48N2O3. The summed E-state index contributed by atoms with van der Waals surface area (Å²) in [5.74, 6) is 0.372. The zero-order valence-corrected chi connectivity index (χ0v) is 28.7. The van der Waals surface area contributed by atoms with E-state index in [4.69, 9.17) is 9.47 Å².